The van der Waals surface area contributed by atoms with E-state index in [-0.39, 0.29) is 0 Å². The number of benzene rings is 3. The third-order valence-electron chi connectivity index (χ3n) is 4.37. The largest absolute Gasteiger partial charge is 0.399 e. The molecular weight excluding hydrogens is 254 g/mol. The first kappa shape index (κ1) is 12.2. The third-order valence-corrected chi connectivity index (χ3v) is 4.37. The van der Waals surface area contributed by atoms with Gasteiger partial charge >= 0.3 is 0 Å². The first-order valence-corrected chi connectivity index (χ1v) is 7.31. The Morgan fingerprint density at radius 1 is 0.762 bits per heavy atom. The van der Waals surface area contributed by atoms with Gasteiger partial charge in [-0.25, -0.2) is 0 Å². The zero-order valence-electron chi connectivity index (χ0n) is 12.1. The number of hydrogen-bond donors (Lipinski definition) is 1. The van der Waals surface area contributed by atoms with Crippen LogP contribution in [-0.4, -0.2) is 0 Å². The van der Waals surface area contributed by atoms with Crippen LogP contribution in [0.5, 0.6) is 0 Å². The summed E-state index contributed by atoms with van der Waals surface area (Å²) in [4.78, 5) is 0. The summed E-state index contributed by atoms with van der Waals surface area (Å²) < 4.78 is 0. The number of fused-ring (bicyclic) bond motifs is 3. The molecule has 0 saturated heterocycles. The van der Waals surface area contributed by atoms with Gasteiger partial charge in [0, 0.05) is 5.69 Å². The fourth-order valence-electron chi connectivity index (χ4n) is 3.35. The monoisotopic (exact) mass is 271 g/mol. The van der Waals surface area contributed by atoms with E-state index in [1.165, 1.54) is 38.9 Å². The van der Waals surface area contributed by atoms with E-state index in [0.29, 0.717) is 0 Å². The molecule has 0 unspecified atom stereocenters. The molecule has 0 bridgehead atoms. The molecule has 3 aromatic rings. The van der Waals surface area contributed by atoms with Crippen molar-refractivity contribution in [2.24, 2.45) is 0 Å². The molecule has 1 nitrogen and oxygen atoms in total. The lowest BCUT2D eigenvalue weighted by Crippen LogP contribution is -1.91. The summed E-state index contributed by atoms with van der Waals surface area (Å²) in [6.07, 6.45) is 1.04. The van der Waals surface area contributed by atoms with Crippen molar-refractivity contribution in [2.75, 3.05) is 5.73 Å². The van der Waals surface area contributed by atoms with Gasteiger partial charge in [-0.05, 0) is 64.4 Å². The molecule has 4 rings (SSSR count). The molecule has 1 aliphatic rings. The maximum absolute atomic E-state index is 5.83. The predicted molar refractivity (Wildman–Crippen MR) is 89.3 cm³/mol. The summed E-state index contributed by atoms with van der Waals surface area (Å²) in [5.74, 6) is 0. The van der Waals surface area contributed by atoms with Crippen LogP contribution in [0.4, 0.5) is 5.69 Å². The van der Waals surface area contributed by atoms with Crippen molar-refractivity contribution in [2.45, 2.75) is 13.3 Å². The van der Waals surface area contributed by atoms with Crippen LogP contribution in [0, 0.1) is 6.92 Å². The lowest BCUT2D eigenvalue weighted by atomic mass is 9.90. The second-order valence-corrected chi connectivity index (χ2v) is 5.75. The smallest absolute Gasteiger partial charge is 0.0314 e. The van der Waals surface area contributed by atoms with E-state index in [0.717, 1.165) is 12.1 Å². The Morgan fingerprint density at radius 2 is 1.52 bits per heavy atom. The Kier molecular flexibility index (Phi) is 2.61. The Balaban J connectivity index is 2.02. The first-order chi connectivity index (χ1) is 10.2. The number of rotatable bonds is 1. The molecule has 102 valence electrons. The van der Waals surface area contributed by atoms with E-state index in [4.69, 9.17) is 5.73 Å². The van der Waals surface area contributed by atoms with Crippen LogP contribution in [-0.2, 0) is 6.42 Å². The van der Waals surface area contributed by atoms with E-state index in [1.54, 1.807) is 0 Å². The van der Waals surface area contributed by atoms with Gasteiger partial charge in [0.1, 0.15) is 0 Å². The van der Waals surface area contributed by atoms with Gasteiger partial charge in [-0.1, -0.05) is 48.5 Å². The van der Waals surface area contributed by atoms with Crippen molar-refractivity contribution in [3.8, 4) is 22.3 Å². The first-order valence-electron chi connectivity index (χ1n) is 7.31. The quantitative estimate of drug-likeness (QED) is 0.494. The van der Waals surface area contributed by atoms with Gasteiger partial charge < -0.3 is 5.73 Å². The van der Waals surface area contributed by atoms with Crippen LogP contribution in [0.1, 0.15) is 16.7 Å². The van der Waals surface area contributed by atoms with Crippen LogP contribution >= 0.6 is 0 Å². The maximum Gasteiger partial charge on any atom is 0.0314 e. The van der Waals surface area contributed by atoms with Crippen molar-refractivity contribution in [1.82, 2.24) is 0 Å². The van der Waals surface area contributed by atoms with E-state index >= 15 is 0 Å². The molecule has 0 radical (unpaired) electrons. The number of hydrogen-bond acceptors (Lipinski definition) is 1. The Hall–Kier alpha value is -2.54. The van der Waals surface area contributed by atoms with E-state index in [2.05, 4.69) is 55.5 Å². The van der Waals surface area contributed by atoms with Crippen LogP contribution in [0.15, 0.2) is 60.7 Å². The summed E-state index contributed by atoms with van der Waals surface area (Å²) in [5.41, 5.74) is 16.2. The summed E-state index contributed by atoms with van der Waals surface area (Å²) >= 11 is 0. The maximum atomic E-state index is 5.83. The lowest BCUT2D eigenvalue weighted by Gasteiger charge is -2.14. The molecular formula is C20H17N. The topological polar surface area (TPSA) is 26.0 Å². The van der Waals surface area contributed by atoms with Gasteiger partial charge in [0.25, 0.3) is 0 Å². The lowest BCUT2D eigenvalue weighted by molar-refractivity contribution is 1.26. The highest BCUT2D eigenvalue weighted by Crippen LogP contribution is 2.44. The Labute approximate surface area is 125 Å². The van der Waals surface area contributed by atoms with Gasteiger partial charge in [-0.15, -0.1) is 0 Å². The number of nitrogens with two attached hydrogens (primary N) is 1. The molecule has 0 atom stereocenters. The average molecular weight is 271 g/mol. The van der Waals surface area contributed by atoms with Crippen LogP contribution in [0.2, 0.25) is 0 Å². The number of aryl methyl sites for hydroxylation is 1. The SMILES string of the molecule is Cc1ccc2c(c1-c1ccc(N)cc1)-c1ccccc1C2. The van der Waals surface area contributed by atoms with Gasteiger partial charge in [-0.3, -0.25) is 0 Å². The fourth-order valence-corrected chi connectivity index (χ4v) is 3.35. The average Bonchev–Trinajstić information content (AvgIpc) is 2.87. The van der Waals surface area contributed by atoms with Crippen molar-refractivity contribution < 1.29 is 0 Å². The normalized spacial score (nSPS) is 12.0. The standard InChI is InChI=1S/C20H17N/c1-13-6-7-16-12-15-4-2-3-5-18(15)20(16)19(13)14-8-10-17(21)11-9-14/h2-11H,12,21H2,1H3. The highest BCUT2D eigenvalue weighted by atomic mass is 14.5. The van der Waals surface area contributed by atoms with E-state index in [9.17, 15) is 0 Å². The van der Waals surface area contributed by atoms with E-state index in [1.807, 2.05) is 12.1 Å². The second kappa shape index (κ2) is 4.49. The van der Waals surface area contributed by atoms with Gasteiger partial charge in [0.2, 0.25) is 0 Å². The zero-order chi connectivity index (χ0) is 14.4. The highest BCUT2D eigenvalue weighted by molar-refractivity contribution is 5.92. The third kappa shape index (κ3) is 1.85. The summed E-state index contributed by atoms with van der Waals surface area (Å²) in [6, 6.07) is 21.4. The van der Waals surface area contributed by atoms with Crippen molar-refractivity contribution >= 4 is 5.69 Å². The molecule has 2 N–H and O–H groups in total. The van der Waals surface area contributed by atoms with Crippen molar-refractivity contribution in [1.29, 1.82) is 0 Å². The number of nitrogen functional groups attached to an aromatic ring is 1. The van der Waals surface area contributed by atoms with Crippen molar-refractivity contribution in [3.05, 3.63) is 77.4 Å². The molecule has 1 heteroatoms. The molecule has 0 aromatic heterocycles. The molecule has 0 amide bonds. The van der Waals surface area contributed by atoms with Gasteiger partial charge in [-0.2, -0.15) is 0 Å². The summed E-state index contributed by atoms with van der Waals surface area (Å²) in [6.45, 7) is 2.19. The molecule has 0 fully saturated rings. The Bertz CT molecular complexity index is 829. The molecule has 0 spiro atoms. The highest BCUT2D eigenvalue weighted by Gasteiger charge is 2.22. The minimum absolute atomic E-state index is 0.810. The summed E-state index contributed by atoms with van der Waals surface area (Å²) in [5, 5.41) is 0. The molecule has 21 heavy (non-hydrogen) atoms. The fraction of sp³-hybridized carbons (Fsp3) is 0.100. The van der Waals surface area contributed by atoms with Crippen LogP contribution in [0.25, 0.3) is 22.3 Å². The Morgan fingerprint density at radius 3 is 2.33 bits per heavy atom. The van der Waals surface area contributed by atoms with Gasteiger partial charge in [0.15, 0.2) is 0 Å². The molecule has 0 heterocycles. The zero-order valence-corrected chi connectivity index (χ0v) is 12.1. The van der Waals surface area contributed by atoms with E-state index < -0.39 is 0 Å². The minimum Gasteiger partial charge on any atom is -0.399 e. The second-order valence-electron chi connectivity index (χ2n) is 5.75. The number of anilines is 1. The van der Waals surface area contributed by atoms with Crippen LogP contribution in [0.3, 0.4) is 0 Å². The van der Waals surface area contributed by atoms with Crippen LogP contribution < -0.4 is 5.73 Å². The van der Waals surface area contributed by atoms with Gasteiger partial charge in [0.05, 0.1) is 0 Å². The predicted octanol–water partition coefficient (Wildman–Crippen LogP) is 4.82. The summed E-state index contributed by atoms with van der Waals surface area (Å²) in [7, 11) is 0. The molecule has 0 aliphatic heterocycles. The molecule has 1 aliphatic carbocycles. The molecule has 0 saturated carbocycles. The van der Waals surface area contributed by atoms with Crippen molar-refractivity contribution in [3.63, 3.8) is 0 Å². The molecule has 3 aromatic carbocycles. The minimum atomic E-state index is 0.810.